The van der Waals surface area contributed by atoms with Crippen molar-refractivity contribution in [2.45, 2.75) is 20.3 Å². The molecule has 0 saturated heterocycles. The minimum atomic E-state index is 0.770. The summed E-state index contributed by atoms with van der Waals surface area (Å²) >= 11 is 6.10. The van der Waals surface area contributed by atoms with Crippen molar-refractivity contribution in [3.63, 3.8) is 0 Å². The smallest absolute Gasteiger partial charge is 0.129 e. The largest absolute Gasteiger partial charge is 0.373 e. The molecule has 0 aliphatic rings. The van der Waals surface area contributed by atoms with Gasteiger partial charge in [0.15, 0.2) is 0 Å². The highest BCUT2D eigenvalue weighted by Gasteiger charge is 2.07. The van der Waals surface area contributed by atoms with E-state index in [0.717, 1.165) is 33.7 Å². The second-order valence-corrected chi connectivity index (χ2v) is 4.25. The summed E-state index contributed by atoms with van der Waals surface area (Å²) in [5.74, 6) is 0.945. The van der Waals surface area contributed by atoms with Crippen molar-refractivity contribution < 1.29 is 0 Å². The first-order valence-corrected chi connectivity index (χ1v) is 5.81. The number of aryl methyl sites for hydroxylation is 2. The van der Waals surface area contributed by atoms with Crippen molar-refractivity contribution in [3.8, 4) is 0 Å². The Morgan fingerprint density at radius 3 is 2.75 bits per heavy atom. The van der Waals surface area contributed by atoms with Crippen molar-refractivity contribution >= 4 is 28.3 Å². The molecular formula is C13H15ClN2. The van der Waals surface area contributed by atoms with E-state index in [9.17, 15) is 0 Å². The van der Waals surface area contributed by atoms with E-state index in [1.165, 1.54) is 5.56 Å². The van der Waals surface area contributed by atoms with Crippen LogP contribution in [-0.4, -0.2) is 12.0 Å². The first-order chi connectivity index (χ1) is 7.67. The van der Waals surface area contributed by atoms with Gasteiger partial charge in [-0.1, -0.05) is 24.6 Å². The molecule has 0 unspecified atom stereocenters. The van der Waals surface area contributed by atoms with Crippen molar-refractivity contribution in [2.75, 3.05) is 12.4 Å². The van der Waals surface area contributed by atoms with Gasteiger partial charge in [-0.3, -0.25) is 0 Å². The van der Waals surface area contributed by atoms with E-state index < -0.39 is 0 Å². The summed E-state index contributed by atoms with van der Waals surface area (Å²) < 4.78 is 0. The maximum Gasteiger partial charge on any atom is 0.129 e. The molecule has 0 spiro atoms. The van der Waals surface area contributed by atoms with Crippen LogP contribution in [0, 0.1) is 6.92 Å². The SMILES string of the molecule is CCc1cc2ccc(Cl)c(C)c2nc1NC. The van der Waals surface area contributed by atoms with Crippen molar-refractivity contribution in [3.05, 3.63) is 34.3 Å². The number of aromatic nitrogens is 1. The van der Waals surface area contributed by atoms with Crippen molar-refractivity contribution in [1.29, 1.82) is 0 Å². The Labute approximate surface area is 101 Å². The standard InChI is InChI=1S/C13H15ClN2/c1-4-9-7-10-5-6-11(14)8(2)12(10)16-13(9)15-3/h5-7H,4H2,1-3H3,(H,15,16). The number of anilines is 1. The van der Waals surface area contributed by atoms with Crippen LogP contribution in [-0.2, 0) is 6.42 Å². The maximum atomic E-state index is 6.10. The average molecular weight is 235 g/mol. The fraction of sp³-hybridized carbons (Fsp3) is 0.308. The number of hydrogen-bond donors (Lipinski definition) is 1. The molecular weight excluding hydrogens is 220 g/mol. The number of hydrogen-bond acceptors (Lipinski definition) is 2. The molecule has 0 aliphatic carbocycles. The van der Waals surface area contributed by atoms with Crippen LogP contribution in [0.15, 0.2) is 18.2 Å². The average Bonchev–Trinajstić information content (AvgIpc) is 2.32. The zero-order valence-electron chi connectivity index (χ0n) is 9.76. The van der Waals surface area contributed by atoms with E-state index in [-0.39, 0.29) is 0 Å². The van der Waals surface area contributed by atoms with Crippen LogP contribution in [0.2, 0.25) is 5.02 Å². The van der Waals surface area contributed by atoms with E-state index in [1.54, 1.807) is 0 Å². The first kappa shape index (κ1) is 11.2. The van der Waals surface area contributed by atoms with Crippen LogP contribution in [0.4, 0.5) is 5.82 Å². The highest BCUT2D eigenvalue weighted by atomic mass is 35.5. The Bertz CT molecular complexity index is 535. The molecule has 0 atom stereocenters. The molecule has 84 valence electrons. The third-order valence-electron chi connectivity index (χ3n) is 2.87. The van der Waals surface area contributed by atoms with Crippen LogP contribution in [0.5, 0.6) is 0 Å². The number of fused-ring (bicyclic) bond motifs is 1. The summed E-state index contributed by atoms with van der Waals surface area (Å²) in [4.78, 5) is 4.63. The van der Waals surface area contributed by atoms with Gasteiger partial charge in [0.2, 0.25) is 0 Å². The lowest BCUT2D eigenvalue weighted by atomic mass is 10.1. The fourth-order valence-electron chi connectivity index (χ4n) is 1.89. The summed E-state index contributed by atoms with van der Waals surface area (Å²) in [6.45, 7) is 4.13. The van der Waals surface area contributed by atoms with Crippen LogP contribution in [0.25, 0.3) is 10.9 Å². The highest BCUT2D eigenvalue weighted by Crippen LogP contribution is 2.27. The lowest BCUT2D eigenvalue weighted by Gasteiger charge is -2.10. The molecule has 0 aliphatic heterocycles. The molecule has 2 aromatic rings. The molecule has 1 aromatic carbocycles. The van der Waals surface area contributed by atoms with Crippen LogP contribution in [0.1, 0.15) is 18.1 Å². The molecule has 1 N–H and O–H groups in total. The van der Waals surface area contributed by atoms with Crippen LogP contribution in [0.3, 0.4) is 0 Å². The molecule has 0 radical (unpaired) electrons. The normalized spacial score (nSPS) is 10.8. The Morgan fingerprint density at radius 2 is 2.12 bits per heavy atom. The Balaban J connectivity index is 2.78. The lowest BCUT2D eigenvalue weighted by Crippen LogP contribution is -1.99. The molecule has 0 amide bonds. The van der Waals surface area contributed by atoms with Crippen LogP contribution < -0.4 is 5.32 Å². The van der Waals surface area contributed by atoms with Gasteiger partial charge in [0, 0.05) is 17.5 Å². The Hall–Kier alpha value is -1.28. The fourth-order valence-corrected chi connectivity index (χ4v) is 2.04. The maximum absolute atomic E-state index is 6.10. The van der Waals surface area contributed by atoms with E-state index in [2.05, 4.69) is 23.3 Å². The zero-order valence-corrected chi connectivity index (χ0v) is 10.5. The van der Waals surface area contributed by atoms with Gasteiger partial charge in [-0.25, -0.2) is 4.98 Å². The number of nitrogens with one attached hydrogen (secondary N) is 1. The summed E-state index contributed by atoms with van der Waals surface area (Å²) in [5.41, 5.74) is 3.25. The second-order valence-electron chi connectivity index (χ2n) is 3.84. The number of rotatable bonds is 2. The molecule has 2 nitrogen and oxygen atoms in total. The number of benzene rings is 1. The molecule has 3 heteroatoms. The molecule has 1 aromatic heterocycles. The third-order valence-corrected chi connectivity index (χ3v) is 3.28. The van der Waals surface area contributed by atoms with E-state index >= 15 is 0 Å². The van der Waals surface area contributed by atoms with Gasteiger partial charge >= 0.3 is 0 Å². The van der Waals surface area contributed by atoms with Gasteiger partial charge < -0.3 is 5.32 Å². The topological polar surface area (TPSA) is 24.9 Å². The highest BCUT2D eigenvalue weighted by molar-refractivity contribution is 6.32. The predicted octanol–water partition coefficient (Wildman–Crippen LogP) is 3.80. The predicted molar refractivity (Wildman–Crippen MR) is 70.4 cm³/mol. The van der Waals surface area contributed by atoms with E-state index in [1.807, 2.05) is 26.1 Å². The Kier molecular flexibility index (Phi) is 3.01. The van der Waals surface area contributed by atoms with Crippen molar-refractivity contribution in [1.82, 2.24) is 4.98 Å². The van der Waals surface area contributed by atoms with E-state index in [0.29, 0.717) is 0 Å². The van der Waals surface area contributed by atoms with Gasteiger partial charge in [0.1, 0.15) is 5.82 Å². The minimum absolute atomic E-state index is 0.770. The van der Waals surface area contributed by atoms with E-state index in [4.69, 9.17) is 11.6 Å². The molecule has 1 heterocycles. The van der Waals surface area contributed by atoms with Gasteiger partial charge in [0.25, 0.3) is 0 Å². The second kappa shape index (κ2) is 4.30. The molecule has 0 fully saturated rings. The summed E-state index contributed by atoms with van der Waals surface area (Å²) in [7, 11) is 1.90. The monoisotopic (exact) mass is 234 g/mol. The quantitative estimate of drug-likeness (QED) is 0.855. The Morgan fingerprint density at radius 1 is 1.38 bits per heavy atom. The van der Waals surface area contributed by atoms with Crippen LogP contribution >= 0.6 is 11.6 Å². The number of nitrogens with zero attached hydrogens (tertiary/aromatic N) is 1. The number of pyridine rings is 1. The van der Waals surface area contributed by atoms with Gasteiger partial charge in [-0.15, -0.1) is 0 Å². The molecule has 2 rings (SSSR count). The lowest BCUT2D eigenvalue weighted by molar-refractivity contribution is 1.11. The molecule has 0 saturated carbocycles. The number of halogens is 1. The zero-order chi connectivity index (χ0) is 11.7. The third kappa shape index (κ3) is 1.74. The van der Waals surface area contributed by atoms with Crippen molar-refractivity contribution in [2.24, 2.45) is 0 Å². The minimum Gasteiger partial charge on any atom is -0.373 e. The van der Waals surface area contributed by atoms with Gasteiger partial charge in [-0.2, -0.15) is 0 Å². The summed E-state index contributed by atoms with van der Waals surface area (Å²) in [5, 5.41) is 5.05. The van der Waals surface area contributed by atoms with Gasteiger partial charge in [-0.05, 0) is 36.6 Å². The van der Waals surface area contributed by atoms with Gasteiger partial charge in [0.05, 0.1) is 5.52 Å². The summed E-state index contributed by atoms with van der Waals surface area (Å²) in [6, 6.07) is 6.13. The molecule has 16 heavy (non-hydrogen) atoms. The molecule has 0 bridgehead atoms. The summed E-state index contributed by atoms with van der Waals surface area (Å²) in [6.07, 6.45) is 0.973. The first-order valence-electron chi connectivity index (χ1n) is 5.43.